The molecule has 0 radical (unpaired) electrons. The third-order valence-corrected chi connectivity index (χ3v) is 6.46. The molecule has 1 fully saturated rings. The highest BCUT2D eigenvalue weighted by Gasteiger charge is 2.40. The van der Waals surface area contributed by atoms with Crippen molar-refractivity contribution >= 4 is 21.7 Å². The number of hydrogen-bond acceptors (Lipinski definition) is 4. The number of benzene rings is 2. The molecule has 1 saturated carbocycles. The second kappa shape index (κ2) is 6.06. The van der Waals surface area contributed by atoms with E-state index in [9.17, 15) is 9.50 Å². The van der Waals surface area contributed by atoms with Crippen LogP contribution in [0.25, 0.3) is 21.7 Å². The quantitative estimate of drug-likeness (QED) is 0.675. The van der Waals surface area contributed by atoms with Crippen LogP contribution in [0, 0.1) is 17.7 Å². The fraction of sp³-hybridized carbons (Fsp3) is 0.409. The van der Waals surface area contributed by atoms with Crippen LogP contribution in [0.15, 0.2) is 24.4 Å². The first kappa shape index (κ1) is 16.8. The smallest absolute Gasteiger partial charge is 0.161 e. The van der Waals surface area contributed by atoms with Gasteiger partial charge in [0.2, 0.25) is 0 Å². The summed E-state index contributed by atoms with van der Waals surface area (Å²) in [5, 5.41) is 13.8. The minimum absolute atomic E-state index is 0.269. The molecule has 4 nitrogen and oxygen atoms in total. The van der Waals surface area contributed by atoms with Gasteiger partial charge in [-0.1, -0.05) is 6.42 Å². The van der Waals surface area contributed by atoms with Gasteiger partial charge in [-0.25, -0.2) is 4.39 Å². The molecule has 1 N–H and O–H groups in total. The van der Waals surface area contributed by atoms with Crippen molar-refractivity contribution in [3.63, 3.8) is 0 Å². The van der Waals surface area contributed by atoms with Gasteiger partial charge in [-0.3, -0.25) is 4.98 Å². The summed E-state index contributed by atoms with van der Waals surface area (Å²) >= 11 is 0. The molecule has 140 valence electrons. The number of hydrogen-bond donors (Lipinski definition) is 1. The van der Waals surface area contributed by atoms with E-state index in [2.05, 4.69) is 4.98 Å². The van der Waals surface area contributed by atoms with Gasteiger partial charge in [-0.2, -0.15) is 0 Å². The van der Waals surface area contributed by atoms with E-state index >= 15 is 0 Å². The Bertz CT molecular complexity index is 1060. The first-order valence-electron chi connectivity index (χ1n) is 9.46. The van der Waals surface area contributed by atoms with E-state index in [-0.39, 0.29) is 11.7 Å². The van der Waals surface area contributed by atoms with E-state index in [1.165, 1.54) is 12.3 Å². The van der Waals surface area contributed by atoms with Crippen LogP contribution in [-0.2, 0) is 6.42 Å². The summed E-state index contributed by atoms with van der Waals surface area (Å²) in [6.07, 6.45) is 4.93. The third-order valence-electron chi connectivity index (χ3n) is 6.46. The van der Waals surface area contributed by atoms with Crippen molar-refractivity contribution in [1.82, 2.24) is 4.98 Å². The van der Waals surface area contributed by atoms with Crippen molar-refractivity contribution in [3.8, 4) is 11.5 Å². The topological polar surface area (TPSA) is 51.6 Å². The largest absolute Gasteiger partial charge is 0.493 e. The maximum Gasteiger partial charge on any atom is 0.161 e. The summed E-state index contributed by atoms with van der Waals surface area (Å²) in [4.78, 5) is 4.40. The maximum absolute atomic E-state index is 14.1. The normalized spacial score (nSPS) is 24.1. The Kier molecular flexibility index (Phi) is 3.76. The summed E-state index contributed by atoms with van der Waals surface area (Å²) in [5.41, 5.74) is 2.69. The fourth-order valence-electron chi connectivity index (χ4n) is 5.25. The molecule has 0 saturated heterocycles. The van der Waals surface area contributed by atoms with Gasteiger partial charge in [-0.05, 0) is 65.6 Å². The van der Waals surface area contributed by atoms with Gasteiger partial charge in [0.25, 0.3) is 0 Å². The number of rotatable bonds is 2. The van der Waals surface area contributed by atoms with Crippen LogP contribution in [0.2, 0.25) is 0 Å². The Morgan fingerprint density at radius 3 is 2.52 bits per heavy atom. The summed E-state index contributed by atoms with van der Waals surface area (Å²) in [6.45, 7) is 0. The first-order valence-corrected chi connectivity index (χ1v) is 9.46. The zero-order valence-electron chi connectivity index (χ0n) is 15.5. The molecule has 0 amide bonds. The lowest BCUT2D eigenvalue weighted by atomic mass is 9.73. The van der Waals surface area contributed by atoms with Crippen LogP contribution in [0.4, 0.5) is 4.39 Å². The molecule has 0 bridgehead atoms. The number of fused-ring (bicyclic) bond motifs is 7. The van der Waals surface area contributed by atoms with E-state index in [4.69, 9.17) is 9.47 Å². The SMILES string of the molecule is COc1cc2c3c(c4ncc(F)cc4c2cc1OC)[C@@H](O)[C@H]1CCCC1C3. The molecule has 1 aromatic heterocycles. The van der Waals surface area contributed by atoms with Crippen LogP contribution in [0.1, 0.15) is 36.5 Å². The van der Waals surface area contributed by atoms with E-state index in [0.29, 0.717) is 28.3 Å². The lowest BCUT2D eigenvalue weighted by Crippen LogP contribution is -2.26. The molecule has 3 aromatic rings. The van der Waals surface area contributed by atoms with Crippen LogP contribution in [0.3, 0.4) is 0 Å². The average Bonchev–Trinajstić information content (AvgIpc) is 3.16. The molecule has 27 heavy (non-hydrogen) atoms. The van der Waals surface area contributed by atoms with Crippen molar-refractivity contribution in [2.45, 2.75) is 31.8 Å². The molecule has 3 atom stereocenters. The van der Waals surface area contributed by atoms with Crippen molar-refractivity contribution in [2.24, 2.45) is 11.8 Å². The Morgan fingerprint density at radius 1 is 1.04 bits per heavy atom. The summed E-state index contributed by atoms with van der Waals surface area (Å²) in [7, 11) is 3.20. The summed E-state index contributed by atoms with van der Waals surface area (Å²) in [6, 6.07) is 5.36. The van der Waals surface area contributed by atoms with Crippen LogP contribution < -0.4 is 9.47 Å². The van der Waals surface area contributed by atoms with Gasteiger partial charge in [0, 0.05) is 10.9 Å². The number of methoxy groups -OCH3 is 2. The minimum atomic E-state index is -0.556. The van der Waals surface area contributed by atoms with Crippen LogP contribution in [0.5, 0.6) is 11.5 Å². The van der Waals surface area contributed by atoms with Gasteiger partial charge in [0.1, 0.15) is 5.82 Å². The number of aromatic nitrogens is 1. The van der Waals surface area contributed by atoms with Gasteiger partial charge in [-0.15, -0.1) is 0 Å². The molecular formula is C22H22FNO3. The fourth-order valence-corrected chi connectivity index (χ4v) is 5.25. The molecule has 5 heteroatoms. The molecular weight excluding hydrogens is 345 g/mol. The number of pyridine rings is 1. The molecule has 1 unspecified atom stereocenters. The van der Waals surface area contributed by atoms with E-state index in [0.717, 1.165) is 47.6 Å². The molecule has 1 heterocycles. The lowest BCUT2D eigenvalue weighted by molar-refractivity contribution is 0.0758. The summed E-state index contributed by atoms with van der Waals surface area (Å²) < 4.78 is 25.0. The number of nitrogens with zero attached hydrogens (tertiary/aromatic N) is 1. The lowest BCUT2D eigenvalue weighted by Gasteiger charge is -2.34. The molecule has 2 aliphatic rings. The van der Waals surface area contributed by atoms with Crippen molar-refractivity contribution in [2.75, 3.05) is 14.2 Å². The Hall–Kier alpha value is -2.40. The Morgan fingerprint density at radius 2 is 1.78 bits per heavy atom. The molecule has 0 aliphatic heterocycles. The zero-order valence-corrected chi connectivity index (χ0v) is 15.5. The van der Waals surface area contributed by atoms with Crippen molar-refractivity contribution < 1.29 is 19.0 Å². The number of aliphatic hydroxyl groups is 1. The van der Waals surface area contributed by atoms with E-state index < -0.39 is 6.10 Å². The first-order chi connectivity index (χ1) is 13.1. The maximum atomic E-state index is 14.1. The number of aliphatic hydroxyl groups excluding tert-OH is 1. The van der Waals surface area contributed by atoms with E-state index in [1.54, 1.807) is 14.2 Å². The highest BCUT2D eigenvalue weighted by molar-refractivity contribution is 6.10. The third kappa shape index (κ3) is 2.34. The van der Waals surface area contributed by atoms with Gasteiger partial charge >= 0.3 is 0 Å². The minimum Gasteiger partial charge on any atom is -0.493 e. The highest BCUT2D eigenvalue weighted by Crippen LogP contribution is 2.51. The van der Waals surface area contributed by atoms with Crippen LogP contribution in [-0.4, -0.2) is 24.3 Å². The zero-order chi connectivity index (χ0) is 18.7. The number of ether oxygens (including phenoxy) is 2. The average molecular weight is 367 g/mol. The molecule has 5 rings (SSSR count). The van der Waals surface area contributed by atoms with Crippen LogP contribution >= 0.6 is 0 Å². The van der Waals surface area contributed by atoms with Crippen molar-refractivity contribution in [3.05, 3.63) is 41.3 Å². The highest BCUT2D eigenvalue weighted by atomic mass is 19.1. The predicted octanol–water partition coefficient (Wildman–Crippen LogP) is 4.55. The Balaban J connectivity index is 1.93. The monoisotopic (exact) mass is 367 g/mol. The predicted molar refractivity (Wildman–Crippen MR) is 102 cm³/mol. The van der Waals surface area contributed by atoms with Crippen molar-refractivity contribution in [1.29, 1.82) is 0 Å². The van der Waals surface area contributed by atoms with Gasteiger partial charge in [0.05, 0.1) is 32.0 Å². The van der Waals surface area contributed by atoms with Gasteiger partial charge in [0.15, 0.2) is 11.5 Å². The van der Waals surface area contributed by atoms with E-state index in [1.807, 2.05) is 12.1 Å². The second-order valence-corrected chi connectivity index (χ2v) is 7.70. The molecule has 2 aliphatic carbocycles. The Labute approximate surface area is 156 Å². The molecule has 0 spiro atoms. The number of halogens is 1. The summed E-state index contributed by atoms with van der Waals surface area (Å²) in [5.74, 6) is 1.61. The molecule has 2 aromatic carbocycles. The second-order valence-electron chi connectivity index (χ2n) is 7.70. The van der Waals surface area contributed by atoms with Gasteiger partial charge < -0.3 is 14.6 Å². The standard InChI is InChI=1S/C22H22FNO3/c1-26-18-8-14-15(9-19(18)27-2)17-7-12(23)10-24-21(17)20-16(14)6-11-4-3-5-13(11)22(20)25/h7-11,13,22,25H,3-6H2,1-2H3/t11?,13-,22-/m0/s1.